The Hall–Kier alpha value is -7.06. The van der Waals surface area contributed by atoms with Gasteiger partial charge >= 0.3 is 6.18 Å². The Morgan fingerprint density at radius 2 is 1.20 bits per heavy atom. The van der Waals surface area contributed by atoms with Gasteiger partial charge in [0.1, 0.15) is 47.8 Å². The van der Waals surface area contributed by atoms with Gasteiger partial charge in [-0.3, -0.25) is 57.5 Å². The van der Waals surface area contributed by atoms with E-state index in [1.54, 1.807) is 11.8 Å². The highest BCUT2D eigenvalue weighted by Crippen LogP contribution is 2.39. The van der Waals surface area contributed by atoms with Gasteiger partial charge in [-0.15, -0.1) is 0 Å². The number of carbonyl (C=O) groups is 12. The zero-order valence-electron chi connectivity index (χ0n) is 60.1. The average molecular weight is 1430 g/mol. The van der Waals surface area contributed by atoms with Crippen molar-refractivity contribution >= 4 is 82.5 Å². The van der Waals surface area contributed by atoms with Crippen molar-refractivity contribution in [3.63, 3.8) is 0 Å². The number of benzene rings is 1. The van der Waals surface area contributed by atoms with Gasteiger partial charge in [0, 0.05) is 69.0 Å². The Bertz CT molecular complexity index is 3150. The zero-order chi connectivity index (χ0) is 73.1. The predicted octanol–water partition coefficient (Wildman–Crippen LogP) is 5.79. The molecular weight excluding hydrogens is 1320 g/mol. The third-order valence-corrected chi connectivity index (χ3v) is 23.2. The first-order valence-electron chi connectivity index (χ1n) is 36.5. The summed E-state index contributed by atoms with van der Waals surface area (Å²) >= 11 is 6.16. The molecular formula is C72H108ClF3N12O12. The molecule has 28 heteroatoms. The van der Waals surface area contributed by atoms with Crippen molar-refractivity contribution in [2.45, 2.75) is 235 Å². The summed E-state index contributed by atoms with van der Waals surface area (Å²) in [5, 5.41) is 8.24. The predicted molar refractivity (Wildman–Crippen MR) is 367 cm³/mol. The van der Waals surface area contributed by atoms with E-state index in [0.29, 0.717) is 82.9 Å². The lowest BCUT2D eigenvalue weighted by atomic mass is 9.78. The molecule has 556 valence electrons. The second kappa shape index (κ2) is 34.7. The van der Waals surface area contributed by atoms with Crippen LogP contribution in [0.15, 0.2) is 18.2 Å². The molecule has 4 saturated carbocycles. The van der Waals surface area contributed by atoms with Gasteiger partial charge in [0.15, 0.2) is 0 Å². The summed E-state index contributed by atoms with van der Waals surface area (Å²) in [6.45, 7) is 2.79. The van der Waals surface area contributed by atoms with Crippen LogP contribution in [-0.4, -0.2) is 251 Å². The maximum Gasteiger partial charge on any atom is 0.417 e. The van der Waals surface area contributed by atoms with Gasteiger partial charge < -0.3 is 60.0 Å². The van der Waals surface area contributed by atoms with Gasteiger partial charge in [0.25, 0.3) is 0 Å². The summed E-state index contributed by atoms with van der Waals surface area (Å²) in [5.41, 5.74) is -2.32. The molecule has 1 aromatic rings. The highest BCUT2D eigenvalue weighted by molar-refractivity contribution is 6.31. The van der Waals surface area contributed by atoms with Crippen LogP contribution >= 0.6 is 11.6 Å². The number of nitrogens with zero attached hydrogens (tertiary/aromatic N) is 9. The van der Waals surface area contributed by atoms with Crippen LogP contribution in [0.3, 0.4) is 0 Å². The molecule has 4 aliphatic carbocycles. The lowest BCUT2D eigenvalue weighted by Gasteiger charge is -2.43. The quantitative estimate of drug-likeness (QED) is 0.251. The Morgan fingerprint density at radius 1 is 0.600 bits per heavy atom. The Morgan fingerprint density at radius 3 is 1.80 bits per heavy atom. The van der Waals surface area contributed by atoms with Crippen molar-refractivity contribution in [3.05, 3.63) is 34.3 Å². The van der Waals surface area contributed by atoms with Gasteiger partial charge in [-0.2, -0.15) is 13.2 Å². The molecule has 8 rings (SSSR count). The van der Waals surface area contributed by atoms with Crippen LogP contribution in [0.2, 0.25) is 5.02 Å². The molecule has 1 spiro atoms. The number of amides is 12. The van der Waals surface area contributed by atoms with Crippen LogP contribution in [0.1, 0.15) is 185 Å². The third-order valence-electron chi connectivity index (χ3n) is 22.9. The van der Waals surface area contributed by atoms with Gasteiger partial charge in [0.05, 0.1) is 36.6 Å². The number of carbonyl (C=O) groups excluding carboxylic acids is 12. The largest absolute Gasteiger partial charge is 0.417 e. The summed E-state index contributed by atoms with van der Waals surface area (Å²) in [5.74, 6) is -8.65. The molecule has 24 nitrogen and oxygen atoms in total. The first-order valence-corrected chi connectivity index (χ1v) is 36.9. The number of hydrogen-bond acceptors (Lipinski definition) is 12. The van der Waals surface area contributed by atoms with Crippen molar-refractivity contribution < 1.29 is 70.7 Å². The lowest BCUT2D eigenvalue weighted by Crippen LogP contribution is -2.65. The fourth-order valence-corrected chi connectivity index (χ4v) is 16.5. The molecule has 7 aliphatic rings. The van der Waals surface area contributed by atoms with E-state index in [-0.39, 0.29) is 56.9 Å². The highest BCUT2D eigenvalue weighted by Gasteiger charge is 2.52. The molecule has 8 atom stereocenters. The molecule has 3 saturated heterocycles. The SMILES string of the molecule is CC[C@H](C)[C@@H]1NC(=O)[C@H](C2CCC2)N(C)C(=O)C[C@@H](C(=O)N2CCCC2)N(C)C(=O)[C@H](C2CCCCC2)N(C)C(=O)C2(CCCC2)NC(=O)C2CCCN2C(=O)[C@H](CCc2ccc(C(F)(F)F)c(Cl)c2)NC(=O)CN(C)C(=O)[C@H](CC2CCCCC2)N(C)C(=O)CN(C)C(=O)CN(C)C1=O. The fourth-order valence-electron chi connectivity index (χ4n) is 16.2. The van der Waals surface area contributed by atoms with Crippen LogP contribution in [0.4, 0.5) is 13.2 Å². The van der Waals surface area contributed by atoms with Crippen molar-refractivity contribution in [3.8, 4) is 0 Å². The molecule has 1 unspecified atom stereocenters. The van der Waals surface area contributed by atoms with Gasteiger partial charge in [-0.05, 0) is 125 Å². The minimum atomic E-state index is -4.76. The summed E-state index contributed by atoms with van der Waals surface area (Å²) < 4.78 is 41.6. The summed E-state index contributed by atoms with van der Waals surface area (Å²) in [6, 6.07) is -5.37. The molecule has 12 amide bonds. The third kappa shape index (κ3) is 18.8. The van der Waals surface area contributed by atoms with Crippen LogP contribution in [0, 0.1) is 23.7 Å². The van der Waals surface area contributed by atoms with Crippen LogP contribution in [0.5, 0.6) is 0 Å². The van der Waals surface area contributed by atoms with E-state index in [4.69, 9.17) is 11.6 Å². The maximum atomic E-state index is 15.8. The lowest BCUT2D eigenvalue weighted by molar-refractivity contribution is -0.157. The van der Waals surface area contributed by atoms with Gasteiger partial charge in [-0.25, -0.2) is 0 Å². The van der Waals surface area contributed by atoms with Crippen molar-refractivity contribution in [2.75, 3.05) is 88.6 Å². The Labute approximate surface area is 592 Å². The molecule has 3 N–H and O–H groups in total. The number of likely N-dealkylation sites (tertiary alicyclic amines) is 1. The Balaban J connectivity index is 1.16. The summed E-state index contributed by atoms with van der Waals surface area (Å²) in [6.07, 6.45) is 8.19. The van der Waals surface area contributed by atoms with Crippen LogP contribution < -0.4 is 16.0 Å². The number of halogens is 4. The number of nitrogens with one attached hydrogen (secondary N) is 3. The number of hydrogen-bond donors (Lipinski definition) is 3. The summed E-state index contributed by atoms with van der Waals surface area (Å²) in [4.78, 5) is 191. The van der Waals surface area contributed by atoms with E-state index >= 15 is 24.0 Å². The molecule has 0 aromatic heterocycles. The standard InChI is InChI=1S/C72H108ClF3N12O12/c1-10-45(2)60-68(98)82(5)43-58(91)80(3)44-59(92)83(6)54(40-46-23-13-11-14-24-46)66(96)81(4)42-56(89)77-52(33-31-47-30-32-50(51(73)39-47)72(74,75)76)65(95)88-38-22-29-53(88)63(93)79-71(34-17-18-35-71)70(100)86(9)62(49-25-15-12-16-26-49)69(99)84(7)55(67(97)87-36-19-20-37-87)41-57(90)85(8)61(64(94)78-60)48-27-21-28-48/h30,32,39,45-46,48-49,52-55,60-62H,10-29,31,33-38,40-44H2,1-9H3,(H,77,89)(H,78,94)(H,79,93)/t45-,52-,53?,54-,55-,60-,61-,62-/m0/s1. The monoisotopic (exact) mass is 1420 g/mol. The molecule has 1 aromatic carbocycles. The van der Waals surface area contributed by atoms with Crippen LogP contribution in [-0.2, 0) is 70.1 Å². The van der Waals surface area contributed by atoms with E-state index in [2.05, 4.69) is 16.0 Å². The molecule has 0 bridgehead atoms. The second-order valence-electron chi connectivity index (χ2n) is 29.8. The second-order valence-corrected chi connectivity index (χ2v) is 30.2. The number of aryl methyl sites for hydroxylation is 1. The fraction of sp³-hybridized carbons (Fsp3) is 0.750. The molecule has 100 heavy (non-hydrogen) atoms. The van der Waals surface area contributed by atoms with E-state index in [9.17, 15) is 46.7 Å². The van der Waals surface area contributed by atoms with Gasteiger partial charge in [-0.1, -0.05) is 109 Å². The minimum Gasteiger partial charge on any atom is -0.343 e. The number of fused-ring (bicyclic) bond motifs is 1. The highest BCUT2D eigenvalue weighted by atomic mass is 35.5. The smallest absolute Gasteiger partial charge is 0.343 e. The van der Waals surface area contributed by atoms with E-state index < -0.39 is 173 Å². The van der Waals surface area contributed by atoms with E-state index in [1.165, 1.54) is 84.8 Å². The zero-order valence-corrected chi connectivity index (χ0v) is 60.9. The minimum absolute atomic E-state index is 0.0232. The molecule has 7 fully saturated rings. The maximum absolute atomic E-state index is 15.8. The first kappa shape index (κ1) is 78.7. The van der Waals surface area contributed by atoms with Crippen molar-refractivity contribution in [2.24, 2.45) is 23.7 Å². The molecule has 0 radical (unpaired) electrons. The van der Waals surface area contributed by atoms with Gasteiger partial charge in [0.2, 0.25) is 70.9 Å². The number of likely N-dealkylation sites (N-methyl/N-ethyl adjacent to an activating group) is 7. The van der Waals surface area contributed by atoms with E-state index in [1.807, 2.05) is 6.92 Å². The average Bonchev–Trinajstić information content (AvgIpc) is 1.36. The van der Waals surface area contributed by atoms with E-state index in [0.717, 1.165) is 79.7 Å². The number of alkyl halides is 3. The topological polar surface area (TPSA) is 270 Å². The van der Waals surface area contributed by atoms with Crippen molar-refractivity contribution in [1.82, 2.24) is 60.0 Å². The molecule has 3 aliphatic heterocycles. The Kier molecular flexibility index (Phi) is 27.3. The van der Waals surface area contributed by atoms with Crippen molar-refractivity contribution in [1.29, 1.82) is 0 Å². The van der Waals surface area contributed by atoms with Crippen LogP contribution in [0.25, 0.3) is 0 Å². The first-order chi connectivity index (χ1) is 47.4. The molecule has 3 heterocycles. The summed E-state index contributed by atoms with van der Waals surface area (Å²) in [7, 11) is 10.1. The number of rotatable bonds is 10. The normalized spacial score (nSPS) is 27.6.